The summed E-state index contributed by atoms with van der Waals surface area (Å²) < 4.78 is 49.8. The van der Waals surface area contributed by atoms with Crippen molar-refractivity contribution in [3.8, 4) is 0 Å². The molecule has 2 rings (SSSR count). The van der Waals surface area contributed by atoms with Crippen molar-refractivity contribution in [1.82, 2.24) is 14.7 Å². The molecule has 1 aromatic carbocycles. The van der Waals surface area contributed by atoms with Gasteiger partial charge in [0, 0.05) is 17.8 Å². The highest BCUT2D eigenvalue weighted by molar-refractivity contribution is 7.92. The van der Waals surface area contributed by atoms with Gasteiger partial charge in [0.25, 0.3) is 15.9 Å². The van der Waals surface area contributed by atoms with Crippen LogP contribution < -0.4 is 9.86 Å². The largest absolute Gasteiger partial charge is 0.268 e. The molecule has 0 saturated carbocycles. The summed E-state index contributed by atoms with van der Waals surface area (Å²) >= 11 is 0. The second-order valence-electron chi connectivity index (χ2n) is 6.47. The number of hydrogen-bond donors (Lipinski definition) is 2. The van der Waals surface area contributed by atoms with Crippen molar-refractivity contribution in [3.63, 3.8) is 0 Å². The van der Waals surface area contributed by atoms with E-state index in [1.54, 1.807) is 4.72 Å². The maximum atomic E-state index is 12.4. The quantitative estimate of drug-likeness (QED) is 0.763. The van der Waals surface area contributed by atoms with E-state index in [0.29, 0.717) is 5.82 Å². The van der Waals surface area contributed by atoms with E-state index >= 15 is 0 Å². The fourth-order valence-electron chi connectivity index (χ4n) is 1.98. The highest BCUT2D eigenvalue weighted by Crippen LogP contribution is 2.20. The number of nitrogens with zero attached hydrogens (tertiary/aromatic N) is 2. The zero-order valence-corrected chi connectivity index (χ0v) is 15.9. The van der Waals surface area contributed by atoms with Gasteiger partial charge in [-0.2, -0.15) is 0 Å². The molecule has 0 aliphatic heterocycles. The molecule has 1 heterocycles. The Morgan fingerprint density at radius 3 is 1.96 bits per heavy atom. The molecule has 9 nitrogen and oxygen atoms in total. The number of primary sulfonamides is 1. The molecule has 26 heavy (non-hydrogen) atoms. The summed E-state index contributed by atoms with van der Waals surface area (Å²) in [6.45, 7) is 5.66. The summed E-state index contributed by atoms with van der Waals surface area (Å²) in [7, 11) is -8.77. The molecule has 1 aromatic heterocycles. The summed E-state index contributed by atoms with van der Waals surface area (Å²) in [6.07, 6.45) is 2.40. The Hall–Kier alpha value is -2.37. The Morgan fingerprint density at radius 2 is 1.50 bits per heavy atom. The van der Waals surface area contributed by atoms with Crippen molar-refractivity contribution in [2.24, 2.45) is 5.14 Å². The minimum atomic E-state index is -4.47. The zero-order valence-electron chi connectivity index (χ0n) is 14.3. The van der Waals surface area contributed by atoms with Crippen LogP contribution >= 0.6 is 0 Å². The predicted octanol–water partition coefficient (Wildman–Crippen LogP) is 0.540. The van der Waals surface area contributed by atoms with Gasteiger partial charge < -0.3 is 0 Å². The van der Waals surface area contributed by atoms with Crippen molar-refractivity contribution in [1.29, 1.82) is 0 Å². The lowest BCUT2D eigenvalue weighted by atomic mass is 9.96. The first-order chi connectivity index (χ1) is 11.8. The molecule has 11 heteroatoms. The topological polar surface area (TPSA) is 149 Å². The van der Waals surface area contributed by atoms with Crippen LogP contribution in [0.2, 0.25) is 0 Å². The lowest BCUT2D eigenvalue weighted by Crippen LogP contribution is -2.32. The van der Waals surface area contributed by atoms with E-state index in [-0.39, 0.29) is 11.0 Å². The summed E-state index contributed by atoms with van der Waals surface area (Å²) in [5.41, 5.74) is -0.426. The molecule has 0 aliphatic carbocycles. The first-order valence-electron chi connectivity index (χ1n) is 7.34. The first kappa shape index (κ1) is 19.9. The average molecular weight is 398 g/mol. The third-order valence-electron chi connectivity index (χ3n) is 3.26. The van der Waals surface area contributed by atoms with Crippen LogP contribution in [0.1, 0.15) is 37.0 Å². The van der Waals surface area contributed by atoms with Crippen LogP contribution in [0.15, 0.2) is 46.5 Å². The number of amides is 1. The predicted molar refractivity (Wildman–Crippen MR) is 93.2 cm³/mol. The third kappa shape index (κ3) is 4.42. The van der Waals surface area contributed by atoms with Crippen LogP contribution in [-0.4, -0.2) is 32.7 Å². The number of sulfonamides is 2. The summed E-state index contributed by atoms with van der Waals surface area (Å²) in [4.78, 5) is 19.1. The molecule has 0 fully saturated rings. The van der Waals surface area contributed by atoms with E-state index < -0.39 is 35.7 Å². The highest BCUT2D eigenvalue weighted by atomic mass is 32.2. The molecule has 2 aromatic rings. The number of carbonyl (C=O) groups is 1. The van der Waals surface area contributed by atoms with Gasteiger partial charge in [0.05, 0.1) is 5.56 Å². The second-order valence-corrected chi connectivity index (χ2v) is 9.65. The summed E-state index contributed by atoms with van der Waals surface area (Å²) in [5.74, 6) is -0.508. The van der Waals surface area contributed by atoms with Gasteiger partial charge in [-0.25, -0.2) is 36.7 Å². The number of nitrogens with one attached hydrogen (secondary N) is 1. The maximum absolute atomic E-state index is 12.4. The Balaban J connectivity index is 2.35. The molecule has 0 unspecified atom stereocenters. The van der Waals surface area contributed by atoms with Gasteiger partial charge >= 0.3 is 0 Å². The van der Waals surface area contributed by atoms with Gasteiger partial charge in [-0.3, -0.25) is 4.79 Å². The van der Waals surface area contributed by atoms with Gasteiger partial charge in [-0.1, -0.05) is 32.9 Å². The van der Waals surface area contributed by atoms with E-state index in [9.17, 15) is 21.6 Å². The first-order valence-corrected chi connectivity index (χ1v) is 10.4. The smallest absolute Gasteiger partial charge is 0.268 e. The molecule has 0 saturated heterocycles. The van der Waals surface area contributed by atoms with Crippen LogP contribution in [0, 0.1) is 0 Å². The Morgan fingerprint density at radius 1 is 1.00 bits per heavy atom. The Labute approximate surface area is 151 Å². The van der Waals surface area contributed by atoms with Crippen molar-refractivity contribution < 1.29 is 21.6 Å². The second kappa shape index (κ2) is 6.74. The van der Waals surface area contributed by atoms with Gasteiger partial charge in [0.2, 0.25) is 10.0 Å². The number of hydrogen-bond acceptors (Lipinski definition) is 7. The van der Waals surface area contributed by atoms with Crippen LogP contribution in [0.3, 0.4) is 0 Å². The van der Waals surface area contributed by atoms with Crippen molar-refractivity contribution >= 4 is 26.0 Å². The van der Waals surface area contributed by atoms with Crippen LogP contribution in [-0.2, 0) is 25.5 Å². The standard InChI is InChI=1S/C15H18N4O5S2/c1-15(2,3)14-17-8-10(9-18-14)13(20)19-26(23,24)12-7-5-4-6-11(12)25(16,21)22/h4-9H,1-3H3,(H,19,20)(H2,16,21,22). The monoisotopic (exact) mass is 398 g/mol. The fourth-order valence-corrected chi connectivity index (χ4v) is 4.33. The molecule has 0 radical (unpaired) electrons. The molecule has 140 valence electrons. The number of rotatable bonds is 4. The van der Waals surface area contributed by atoms with Crippen molar-refractivity contribution in [2.75, 3.05) is 0 Å². The highest BCUT2D eigenvalue weighted by Gasteiger charge is 2.26. The summed E-state index contributed by atoms with van der Waals surface area (Å²) in [6, 6.07) is 4.71. The van der Waals surface area contributed by atoms with Gasteiger partial charge in [0.15, 0.2) is 0 Å². The van der Waals surface area contributed by atoms with Crippen LogP contribution in [0.25, 0.3) is 0 Å². The van der Waals surface area contributed by atoms with E-state index in [2.05, 4.69) is 9.97 Å². The molecule has 0 spiro atoms. The van der Waals surface area contributed by atoms with Gasteiger partial charge in [0.1, 0.15) is 15.6 Å². The van der Waals surface area contributed by atoms with Crippen LogP contribution in [0.4, 0.5) is 0 Å². The fraction of sp³-hybridized carbons (Fsp3) is 0.267. The minimum absolute atomic E-state index is 0.0883. The molecular formula is C15H18N4O5S2. The van der Waals surface area contributed by atoms with E-state index in [1.807, 2.05) is 20.8 Å². The average Bonchev–Trinajstić information content (AvgIpc) is 2.53. The van der Waals surface area contributed by atoms with Crippen molar-refractivity contribution in [3.05, 3.63) is 48.0 Å². The Bertz CT molecular complexity index is 1040. The Kier molecular flexibility index (Phi) is 5.17. The lowest BCUT2D eigenvalue weighted by Gasteiger charge is -2.16. The molecule has 1 amide bonds. The van der Waals surface area contributed by atoms with E-state index in [0.717, 1.165) is 12.1 Å². The molecule has 3 N–H and O–H groups in total. The normalized spacial score (nSPS) is 12.6. The minimum Gasteiger partial charge on any atom is -0.268 e. The summed E-state index contributed by atoms with van der Waals surface area (Å²) in [5, 5.41) is 5.03. The number of benzene rings is 1. The third-order valence-corrected chi connectivity index (χ3v) is 5.74. The SMILES string of the molecule is CC(C)(C)c1ncc(C(=O)NS(=O)(=O)c2ccccc2S(N)(=O)=O)cn1. The maximum Gasteiger partial charge on any atom is 0.268 e. The zero-order chi connectivity index (χ0) is 19.8. The lowest BCUT2D eigenvalue weighted by molar-refractivity contribution is 0.0980. The van der Waals surface area contributed by atoms with Gasteiger partial charge in [-0.05, 0) is 12.1 Å². The number of nitrogens with two attached hydrogens (primary N) is 1. The number of carbonyl (C=O) groups excluding carboxylic acids is 1. The molecular weight excluding hydrogens is 380 g/mol. The van der Waals surface area contributed by atoms with Crippen LogP contribution in [0.5, 0.6) is 0 Å². The molecule has 0 aliphatic rings. The number of aromatic nitrogens is 2. The van der Waals surface area contributed by atoms with E-state index in [4.69, 9.17) is 5.14 Å². The molecule has 0 bridgehead atoms. The van der Waals surface area contributed by atoms with Gasteiger partial charge in [-0.15, -0.1) is 0 Å². The van der Waals surface area contributed by atoms with Crippen molar-refractivity contribution in [2.45, 2.75) is 36.0 Å². The van der Waals surface area contributed by atoms with E-state index in [1.165, 1.54) is 24.5 Å². The molecule has 0 atom stereocenters.